The van der Waals surface area contributed by atoms with E-state index in [0.717, 1.165) is 30.1 Å². The topological polar surface area (TPSA) is 0 Å². The van der Waals surface area contributed by atoms with Crippen molar-refractivity contribution < 1.29 is 0 Å². The van der Waals surface area contributed by atoms with Crippen LogP contribution in [0.25, 0.3) is 0 Å². The standard InChI is InChI=1S/C19H30/c1-3-5-6-7-17-10-14-19(15-11-17)18-12-8-16(4-2)9-13-18/h3-4,6-7,16-19H,1-2,5,8-15H2/b7-6+. The molecule has 2 fully saturated rings. The zero-order valence-corrected chi connectivity index (χ0v) is 12.4. The van der Waals surface area contributed by atoms with Crippen molar-refractivity contribution in [2.75, 3.05) is 0 Å². The number of allylic oxidation sites excluding steroid dienone is 4. The normalized spacial score (nSPS) is 36.2. The first-order valence-corrected chi connectivity index (χ1v) is 8.23. The Bertz CT molecular complexity index is 296. The molecule has 2 saturated carbocycles. The first kappa shape index (κ1) is 14.6. The maximum Gasteiger partial charge on any atom is -0.0172 e. The SMILES string of the molecule is C=CC/C=C/C1CCC(C2CCC(C=C)CC2)CC1. The Balaban J connectivity index is 1.71. The van der Waals surface area contributed by atoms with Crippen LogP contribution in [0, 0.1) is 23.7 Å². The van der Waals surface area contributed by atoms with Crippen LogP contribution >= 0.6 is 0 Å². The van der Waals surface area contributed by atoms with Gasteiger partial charge < -0.3 is 0 Å². The summed E-state index contributed by atoms with van der Waals surface area (Å²) < 4.78 is 0. The lowest BCUT2D eigenvalue weighted by molar-refractivity contribution is 0.166. The summed E-state index contributed by atoms with van der Waals surface area (Å²) in [6, 6.07) is 0. The van der Waals surface area contributed by atoms with Gasteiger partial charge in [-0.1, -0.05) is 24.3 Å². The van der Waals surface area contributed by atoms with Crippen molar-refractivity contribution in [1.29, 1.82) is 0 Å². The van der Waals surface area contributed by atoms with Crippen molar-refractivity contribution in [2.24, 2.45) is 23.7 Å². The van der Waals surface area contributed by atoms with Gasteiger partial charge in [-0.3, -0.25) is 0 Å². The quantitative estimate of drug-likeness (QED) is 0.537. The van der Waals surface area contributed by atoms with Gasteiger partial charge in [-0.25, -0.2) is 0 Å². The highest BCUT2D eigenvalue weighted by Gasteiger charge is 2.29. The lowest BCUT2D eigenvalue weighted by Gasteiger charge is -2.36. The predicted octanol–water partition coefficient (Wildman–Crippen LogP) is 5.92. The molecule has 0 radical (unpaired) electrons. The number of hydrogen-bond donors (Lipinski definition) is 0. The van der Waals surface area contributed by atoms with E-state index in [0.29, 0.717) is 0 Å². The highest BCUT2D eigenvalue weighted by molar-refractivity contribution is 4.95. The Labute approximate surface area is 119 Å². The van der Waals surface area contributed by atoms with Crippen LogP contribution in [0.2, 0.25) is 0 Å². The van der Waals surface area contributed by atoms with Crippen LogP contribution in [0.1, 0.15) is 57.8 Å². The van der Waals surface area contributed by atoms with E-state index < -0.39 is 0 Å². The molecule has 0 heterocycles. The summed E-state index contributed by atoms with van der Waals surface area (Å²) in [6.45, 7) is 7.72. The third kappa shape index (κ3) is 4.37. The minimum Gasteiger partial charge on any atom is -0.103 e. The second kappa shape index (κ2) is 7.72. The second-order valence-corrected chi connectivity index (χ2v) is 6.54. The molecule has 2 aliphatic rings. The van der Waals surface area contributed by atoms with Crippen LogP contribution in [0.4, 0.5) is 0 Å². The molecular weight excluding hydrogens is 228 g/mol. The summed E-state index contributed by atoms with van der Waals surface area (Å²) in [5, 5.41) is 0. The molecule has 0 aliphatic heterocycles. The predicted molar refractivity (Wildman–Crippen MR) is 85.0 cm³/mol. The first-order chi connectivity index (χ1) is 9.33. The molecule has 0 aromatic rings. The Hall–Kier alpha value is -0.780. The fourth-order valence-electron chi connectivity index (χ4n) is 4.03. The third-order valence-electron chi connectivity index (χ3n) is 5.34. The highest BCUT2D eigenvalue weighted by atomic mass is 14.3. The van der Waals surface area contributed by atoms with Crippen LogP contribution in [-0.4, -0.2) is 0 Å². The molecule has 0 bridgehead atoms. The maximum absolute atomic E-state index is 3.95. The molecule has 2 rings (SSSR count). The molecule has 0 aromatic heterocycles. The minimum atomic E-state index is 0.814. The Morgan fingerprint density at radius 3 is 1.74 bits per heavy atom. The fourth-order valence-corrected chi connectivity index (χ4v) is 4.03. The van der Waals surface area contributed by atoms with Gasteiger partial charge in [0.1, 0.15) is 0 Å². The average molecular weight is 258 g/mol. The average Bonchev–Trinajstić information content (AvgIpc) is 2.48. The lowest BCUT2D eigenvalue weighted by Crippen LogP contribution is -2.25. The van der Waals surface area contributed by atoms with Crippen LogP contribution < -0.4 is 0 Å². The first-order valence-electron chi connectivity index (χ1n) is 8.23. The molecule has 0 N–H and O–H groups in total. The van der Waals surface area contributed by atoms with Crippen molar-refractivity contribution in [1.82, 2.24) is 0 Å². The Morgan fingerprint density at radius 1 is 0.737 bits per heavy atom. The van der Waals surface area contributed by atoms with Crippen LogP contribution in [0.3, 0.4) is 0 Å². The van der Waals surface area contributed by atoms with Gasteiger partial charge in [0.15, 0.2) is 0 Å². The summed E-state index contributed by atoms with van der Waals surface area (Å²) in [7, 11) is 0. The fraction of sp³-hybridized carbons (Fsp3) is 0.684. The van der Waals surface area contributed by atoms with E-state index in [1.807, 2.05) is 6.08 Å². The van der Waals surface area contributed by atoms with Gasteiger partial charge in [0.2, 0.25) is 0 Å². The monoisotopic (exact) mass is 258 g/mol. The van der Waals surface area contributed by atoms with Gasteiger partial charge in [-0.05, 0) is 81.5 Å². The molecule has 0 aromatic carbocycles. The van der Waals surface area contributed by atoms with E-state index in [2.05, 4.69) is 31.4 Å². The van der Waals surface area contributed by atoms with E-state index in [4.69, 9.17) is 0 Å². The molecule has 2 aliphatic carbocycles. The van der Waals surface area contributed by atoms with Crippen molar-refractivity contribution in [3.8, 4) is 0 Å². The Kier molecular flexibility index (Phi) is 5.94. The largest absolute Gasteiger partial charge is 0.103 e. The molecule has 0 heteroatoms. The molecule has 0 atom stereocenters. The number of rotatable bonds is 5. The summed E-state index contributed by atoms with van der Waals surface area (Å²) in [4.78, 5) is 0. The smallest absolute Gasteiger partial charge is 0.0172 e. The van der Waals surface area contributed by atoms with Crippen molar-refractivity contribution >= 4 is 0 Å². The van der Waals surface area contributed by atoms with Gasteiger partial charge in [-0.15, -0.1) is 13.2 Å². The van der Waals surface area contributed by atoms with Crippen molar-refractivity contribution in [2.45, 2.75) is 57.8 Å². The molecule has 0 spiro atoms. The molecule has 0 nitrogen and oxygen atoms in total. The molecule has 0 amide bonds. The van der Waals surface area contributed by atoms with Crippen molar-refractivity contribution in [3.05, 3.63) is 37.5 Å². The van der Waals surface area contributed by atoms with E-state index in [1.54, 1.807) is 0 Å². The molecule has 19 heavy (non-hydrogen) atoms. The van der Waals surface area contributed by atoms with Crippen LogP contribution in [0.15, 0.2) is 37.5 Å². The summed E-state index contributed by atoms with van der Waals surface area (Å²) in [5.41, 5.74) is 0. The minimum absolute atomic E-state index is 0.814. The van der Waals surface area contributed by atoms with Crippen molar-refractivity contribution in [3.63, 3.8) is 0 Å². The second-order valence-electron chi connectivity index (χ2n) is 6.54. The maximum atomic E-state index is 3.95. The third-order valence-corrected chi connectivity index (χ3v) is 5.34. The molecular formula is C19H30. The van der Waals surface area contributed by atoms with E-state index in [9.17, 15) is 0 Å². The van der Waals surface area contributed by atoms with Gasteiger partial charge in [0.05, 0.1) is 0 Å². The van der Waals surface area contributed by atoms with E-state index in [1.165, 1.54) is 51.4 Å². The molecule has 0 unspecified atom stereocenters. The Morgan fingerprint density at radius 2 is 1.26 bits per heavy atom. The van der Waals surface area contributed by atoms with Gasteiger partial charge in [-0.2, -0.15) is 0 Å². The number of hydrogen-bond acceptors (Lipinski definition) is 0. The van der Waals surface area contributed by atoms with Gasteiger partial charge in [0.25, 0.3) is 0 Å². The lowest BCUT2D eigenvalue weighted by atomic mass is 9.69. The van der Waals surface area contributed by atoms with Gasteiger partial charge in [0, 0.05) is 0 Å². The van der Waals surface area contributed by atoms with Crippen LogP contribution in [-0.2, 0) is 0 Å². The zero-order chi connectivity index (χ0) is 13.5. The van der Waals surface area contributed by atoms with Gasteiger partial charge >= 0.3 is 0 Å². The zero-order valence-electron chi connectivity index (χ0n) is 12.4. The van der Waals surface area contributed by atoms with E-state index in [-0.39, 0.29) is 0 Å². The summed E-state index contributed by atoms with van der Waals surface area (Å²) >= 11 is 0. The summed E-state index contributed by atoms with van der Waals surface area (Å²) in [6.07, 6.45) is 21.4. The molecule has 0 saturated heterocycles. The van der Waals surface area contributed by atoms with E-state index >= 15 is 0 Å². The van der Waals surface area contributed by atoms with Crippen LogP contribution in [0.5, 0.6) is 0 Å². The molecule has 106 valence electrons. The highest BCUT2D eigenvalue weighted by Crippen LogP contribution is 2.41. The summed E-state index contributed by atoms with van der Waals surface area (Å²) in [5.74, 6) is 3.71.